The molecule has 1 aliphatic heterocycles. The van der Waals surface area contributed by atoms with Gasteiger partial charge in [0, 0.05) is 55.6 Å². The molecule has 3 unspecified atom stereocenters. The third-order valence-corrected chi connectivity index (χ3v) is 6.10. The van der Waals surface area contributed by atoms with Gasteiger partial charge in [0.25, 0.3) is 0 Å². The van der Waals surface area contributed by atoms with Crippen molar-refractivity contribution in [1.82, 2.24) is 4.98 Å². The molecule has 0 saturated carbocycles. The highest BCUT2D eigenvalue weighted by atomic mass is 16.3. The maximum Gasteiger partial charge on any atom is 0.114 e. The van der Waals surface area contributed by atoms with E-state index in [2.05, 4.69) is 75.6 Å². The fourth-order valence-corrected chi connectivity index (χ4v) is 4.36. The Balaban J connectivity index is 1.76. The first-order valence-electron chi connectivity index (χ1n) is 10.4. The third kappa shape index (κ3) is 3.92. The zero-order valence-electron chi connectivity index (χ0n) is 17.7. The highest BCUT2D eigenvalue weighted by Gasteiger charge is 2.28. The first-order valence-corrected chi connectivity index (χ1v) is 10.4. The van der Waals surface area contributed by atoms with Gasteiger partial charge in [0.2, 0.25) is 0 Å². The maximum absolute atomic E-state index is 11.9. The number of nitroso groups, excluding NO2 is 1. The second-order valence-electron chi connectivity index (χ2n) is 8.27. The van der Waals surface area contributed by atoms with Crippen LogP contribution in [-0.2, 0) is 0 Å². The number of para-hydroxylation sites is 1. The van der Waals surface area contributed by atoms with Gasteiger partial charge in [-0.3, -0.25) is 4.99 Å². The fraction of sp³-hybridized carbons (Fsp3) is 0.320. The van der Waals surface area contributed by atoms with Crippen LogP contribution in [0, 0.1) is 10.8 Å². The van der Waals surface area contributed by atoms with Crippen LogP contribution in [0.2, 0.25) is 0 Å². The van der Waals surface area contributed by atoms with Crippen LogP contribution in [0.25, 0.3) is 10.9 Å². The summed E-state index contributed by atoms with van der Waals surface area (Å²) in [5.74, 6) is 0.296. The van der Waals surface area contributed by atoms with Crippen molar-refractivity contribution in [3.63, 3.8) is 0 Å². The molecule has 1 N–H and O–H groups in total. The molecule has 2 aromatic carbocycles. The summed E-state index contributed by atoms with van der Waals surface area (Å²) in [4.78, 5) is 21.8. The average molecular weight is 401 g/mol. The molecule has 0 amide bonds. The molecule has 30 heavy (non-hydrogen) atoms. The molecule has 0 saturated heterocycles. The molecule has 0 radical (unpaired) electrons. The molecule has 5 heteroatoms. The molecule has 3 aromatic rings. The minimum Gasteiger partial charge on any atom is -0.378 e. The molecule has 1 aromatic heterocycles. The molecule has 0 bridgehead atoms. The molecular formula is C25H28N4O. The number of aromatic amines is 1. The summed E-state index contributed by atoms with van der Waals surface area (Å²) in [5, 5.41) is 4.76. The molecule has 0 aliphatic carbocycles. The van der Waals surface area contributed by atoms with Gasteiger partial charge >= 0.3 is 0 Å². The van der Waals surface area contributed by atoms with Gasteiger partial charge in [0.15, 0.2) is 0 Å². The van der Waals surface area contributed by atoms with Crippen molar-refractivity contribution in [1.29, 1.82) is 0 Å². The lowest BCUT2D eigenvalue weighted by Crippen LogP contribution is -2.22. The van der Waals surface area contributed by atoms with E-state index in [1.807, 2.05) is 26.2 Å². The molecule has 3 atom stereocenters. The second kappa shape index (κ2) is 8.66. The lowest BCUT2D eigenvalue weighted by atomic mass is 9.81. The number of nitrogens with zero attached hydrogens (tertiary/aromatic N) is 3. The van der Waals surface area contributed by atoms with Gasteiger partial charge in [-0.15, -0.1) is 0 Å². The maximum atomic E-state index is 11.9. The van der Waals surface area contributed by atoms with Crippen LogP contribution in [0.4, 0.5) is 5.69 Å². The van der Waals surface area contributed by atoms with E-state index in [1.54, 1.807) is 6.21 Å². The summed E-state index contributed by atoms with van der Waals surface area (Å²) >= 11 is 0. The number of hydrogen-bond donors (Lipinski definition) is 1. The molecule has 5 nitrogen and oxygen atoms in total. The smallest absolute Gasteiger partial charge is 0.114 e. The van der Waals surface area contributed by atoms with E-state index >= 15 is 0 Å². The normalized spacial score (nSPS) is 18.1. The number of hydrogen-bond acceptors (Lipinski definition) is 4. The Morgan fingerprint density at radius 1 is 1.17 bits per heavy atom. The Hall–Kier alpha value is -3.21. The Morgan fingerprint density at radius 2 is 1.93 bits per heavy atom. The number of fused-ring (bicyclic) bond motifs is 1. The van der Waals surface area contributed by atoms with Gasteiger partial charge in [-0.05, 0) is 53.3 Å². The number of allylic oxidation sites excluding steroid dienone is 1. The molecule has 0 spiro atoms. The third-order valence-electron chi connectivity index (χ3n) is 6.10. The Morgan fingerprint density at radius 3 is 2.63 bits per heavy atom. The molecule has 4 rings (SSSR count). The van der Waals surface area contributed by atoms with Crippen molar-refractivity contribution < 1.29 is 0 Å². The van der Waals surface area contributed by atoms with Crippen LogP contribution in [0.3, 0.4) is 0 Å². The number of dihydropyridines is 1. The number of aromatic nitrogens is 1. The highest BCUT2D eigenvalue weighted by Crippen LogP contribution is 2.37. The van der Waals surface area contributed by atoms with Gasteiger partial charge in [-0.1, -0.05) is 42.4 Å². The summed E-state index contributed by atoms with van der Waals surface area (Å²) in [5.41, 5.74) is 5.73. The van der Waals surface area contributed by atoms with Crippen LogP contribution in [0.5, 0.6) is 0 Å². The number of rotatable bonds is 7. The monoisotopic (exact) mass is 400 g/mol. The predicted molar refractivity (Wildman–Crippen MR) is 126 cm³/mol. The first-order chi connectivity index (χ1) is 14.6. The van der Waals surface area contributed by atoms with E-state index in [0.717, 1.165) is 16.8 Å². The van der Waals surface area contributed by atoms with E-state index in [1.165, 1.54) is 16.5 Å². The van der Waals surface area contributed by atoms with Crippen molar-refractivity contribution in [3.8, 4) is 0 Å². The van der Waals surface area contributed by atoms with Crippen LogP contribution in [0.1, 0.15) is 30.4 Å². The highest BCUT2D eigenvalue weighted by molar-refractivity contribution is 5.84. The van der Waals surface area contributed by atoms with Gasteiger partial charge in [0.05, 0.1) is 0 Å². The van der Waals surface area contributed by atoms with E-state index in [0.29, 0.717) is 13.0 Å². The van der Waals surface area contributed by atoms with Gasteiger partial charge in [-0.25, -0.2) is 0 Å². The van der Waals surface area contributed by atoms with Crippen LogP contribution >= 0.6 is 0 Å². The molecule has 0 fully saturated rings. The summed E-state index contributed by atoms with van der Waals surface area (Å²) in [7, 11) is 4.08. The number of aliphatic imine (C=N–C) groups is 1. The second-order valence-corrected chi connectivity index (χ2v) is 8.27. The quantitative estimate of drug-likeness (QED) is 0.530. The fourth-order valence-electron chi connectivity index (χ4n) is 4.36. The van der Waals surface area contributed by atoms with Crippen molar-refractivity contribution in [2.75, 3.05) is 25.5 Å². The molecule has 1 aliphatic rings. The molecule has 154 valence electrons. The van der Waals surface area contributed by atoms with E-state index in [-0.39, 0.29) is 17.9 Å². The Bertz CT molecular complexity index is 1080. The standard InChI is InChI=1S/C25H28N4O/c1-17-15-26-13-12-20(17)25(28-30)14-22(18-8-10-19(11-9-18)29(2)3)23-16-27-24-7-5-4-6-21(23)24/h4-13,16-17,22,25,27H,14-15H2,1-3H3. The molecule has 2 heterocycles. The largest absolute Gasteiger partial charge is 0.378 e. The number of anilines is 1. The number of benzene rings is 2. The topological polar surface area (TPSA) is 60.8 Å². The Kier molecular flexibility index (Phi) is 5.79. The van der Waals surface area contributed by atoms with Gasteiger partial charge < -0.3 is 9.88 Å². The predicted octanol–water partition coefficient (Wildman–Crippen LogP) is 5.54. The first kappa shape index (κ1) is 20.1. The summed E-state index contributed by atoms with van der Waals surface area (Å²) in [6.07, 6.45) is 6.50. The lowest BCUT2D eigenvalue weighted by Gasteiger charge is -2.26. The van der Waals surface area contributed by atoms with Gasteiger partial charge in [0.1, 0.15) is 6.04 Å². The number of nitrogens with one attached hydrogen (secondary N) is 1. The van der Waals surface area contributed by atoms with E-state index < -0.39 is 0 Å². The van der Waals surface area contributed by atoms with Gasteiger partial charge in [-0.2, -0.15) is 4.91 Å². The van der Waals surface area contributed by atoms with Crippen LogP contribution in [-0.4, -0.2) is 37.9 Å². The van der Waals surface area contributed by atoms with E-state index in [9.17, 15) is 4.91 Å². The zero-order chi connectivity index (χ0) is 21.1. The van der Waals surface area contributed by atoms with E-state index in [4.69, 9.17) is 0 Å². The summed E-state index contributed by atoms with van der Waals surface area (Å²) < 4.78 is 0. The molecular weight excluding hydrogens is 372 g/mol. The van der Waals surface area contributed by atoms with Crippen molar-refractivity contribution in [2.45, 2.75) is 25.3 Å². The van der Waals surface area contributed by atoms with Crippen molar-refractivity contribution in [2.24, 2.45) is 16.1 Å². The Labute approximate surface area is 177 Å². The van der Waals surface area contributed by atoms with Crippen LogP contribution < -0.4 is 4.90 Å². The lowest BCUT2D eigenvalue weighted by molar-refractivity contribution is 0.553. The minimum absolute atomic E-state index is 0.0621. The SMILES string of the molecule is CC1CN=CC=C1C(CC(c1ccc(N(C)C)cc1)c1c[nH]c2ccccc12)N=O. The number of H-pyrrole nitrogens is 1. The van der Waals surface area contributed by atoms with Crippen molar-refractivity contribution in [3.05, 3.63) is 82.4 Å². The summed E-state index contributed by atoms with van der Waals surface area (Å²) in [6, 6.07) is 16.6. The summed E-state index contributed by atoms with van der Waals surface area (Å²) in [6.45, 7) is 2.83. The zero-order valence-corrected chi connectivity index (χ0v) is 17.7. The van der Waals surface area contributed by atoms with Crippen molar-refractivity contribution >= 4 is 22.8 Å². The van der Waals surface area contributed by atoms with Crippen LogP contribution in [0.15, 0.2) is 76.5 Å². The average Bonchev–Trinajstić information content (AvgIpc) is 3.19. The minimum atomic E-state index is -0.376.